The van der Waals surface area contributed by atoms with Crippen LogP contribution in [0.3, 0.4) is 0 Å². The van der Waals surface area contributed by atoms with Gasteiger partial charge in [0.15, 0.2) is 0 Å². The molecular formula is C24H25N3O3. The van der Waals surface area contributed by atoms with Crippen LogP contribution in [0.15, 0.2) is 42.5 Å². The van der Waals surface area contributed by atoms with Crippen LogP contribution in [0.4, 0.5) is 5.69 Å². The second kappa shape index (κ2) is 5.61. The first-order valence-electron chi connectivity index (χ1n) is 11.3. The van der Waals surface area contributed by atoms with E-state index in [9.17, 15) is 14.4 Å². The average Bonchev–Trinajstić information content (AvgIpc) is 3.34. The second-order valence-corrected chi connectivity index (χ2v) is 9.97. The molecule has 0 unspecified atom stereocenters. The Morgan fingerprint density at radius 2 is 1.80 bits per heavy atom. The first kappa shape index (κ1) is 17.2. The van der Waals surface area contributed by atoms with Crippen molar-refractivity contribution in [1.82, 2.24) is 9.80 Å². The summed E-state index contributed by atoms with van der Waals surface area (Å²) in [7, 11) is 0. The lowest BCUT2D eigenvalue weighted by atomic mass is 9.53. The predicted octanol–water partition coefficient (Wildman–Crippen LogP) is 1.67. The van der Waals surface area contributed by atoms with E-state index < -0.39 is 23.3 Å². The van der Waals surface area contributed by atoms with Gasteiger partial charge in [-0.1, -0.05) is 30.4 Å². The number of hydrogen-bond donors (Lipinski definition) is 0. The van der Waals surface area contributed by atoms with Gasteiger partial charge in [-0.25, -0.2) is 4.90 Å². The Hall–Kier alpha value is -2.47. The number of rotatable bonds is 1. The van der Waals surface area contributed by atoms with E-state index in [1.54, 1.807) is 0 Å². The van der Waals surface area contributed by atoms with Crippen LogP contribution >= 0.6 is 0 Å². The first-order valence-corrected chi connectivity index (χ1v) is 11.3. The molecule has 3 amide bonds. The molecule has 5 saturated heterocycles. The van der Waals surface area contributed by atoms with E-state index in [2.05, 4.69) is 11.0 Å². The number of carbonyl (C=O) groups excluding carboxylic acids is 3. The highest BCUT2D eigenvalue weighted by Gasteiger charge is 2.72. The molecule has 5 fully saturated rings. The van der Waals surface area contributed by atoms with E-state index in [4.69, 9.17) is 0 Å². The summed E-state index contributed by atoms with van der Waals surface area (Å²) in [6.07, 6.45) is 7.60. The number of benzene rings is 1. The Labute approximate surface area is 175 Å². The average molecular weight is 403 g/mol. The summed E-state index contributed by atoms with van der Waals surface area (Å²) in [6, 6.07) is 9.78. The summed E-state index contributed by atoms with van der Waals surface area (Å²) in [4.78, 5) is 46.9. The molecular weight excluding hydrogens is 378 g/mol. The van der Waals surface area contributed by atoms with E-state index in [1.165, 1.54) is 17.7 Å². The molecule has 6 heterocycles. The van der Waals surface area contributed by atoms with Crippen molar-refractivity contribution in [2.24, 2.45) is 29.6 Å². The summed E-state index contributed by atoms with van der Waals surface area (Å²) in [6.45, 7) is 2.77. The summed E-state index contributed by atoms with van der Waals surface area (Å²) < 4.78 is 0. The van der Waals surface area contributed by atoms with Gasteiger partial charge in [0, 0.05) is 19.1 Å². The molecule has 0 aromatic heterocycles. The third-order valence-corrected chi connectivity index (χ3v) is 8.91. The zero-order chi connectivity index (χ0) is 20.2. The minimum absolute atomic E-state index is 0.0657. The Morgan fingerprint density at radius 3 is 2.63 bits per heavy atom. The van der Waals surface area contributed by atoms with Gasteiger partial charge in [0.05, 0.1) is 29.0 Å². The molecule has 8 rings (SSSR count). The number of nitrogens with zero attached hydrogens (tertiary/aromatic N) is 3. The minimum Gasteiger partial charge on any atom is -0.332 e. The molecule has 0 N–H and O–H groups in total. The summed E-state index contributed by atoms with van der Waals surface area (Å²) in [5.74, 6) is -1.06. The third kappa shape index (κ3) is 1.83. The number of piperidine rings is 3. The maximum atomic E-state index is 13.8. The third-order valence-electron chi connectivity index (χ3n) is 8.91. The van der Waals surface area contributed by atoms with Crippen LogP contribution in [-0.2, 0) is 14.4 Å². The van der Waals surface area contributed by atoms with Gasteiger partial charge in [-0.2, -0.15) is 0 Å². The molecule has 1 aromatic carbocycles. The van der Waals surface area contributed by atoms with Crippen molar-refractivity contribution in [1.29, 1.82) is 0 Å². The highest BCUT2D eigenvalue weighted by atomic mass is 16.2. The number of para-hydroxylation sites is 1. The molecule has 6 aliphatic heterocycles. The molecule has 6 nitrogen and oxygen atoms in total. The molecule has 7 aliphatic rings. The molecule has 154 valence electrons. The molecule has 1 aliphatic carbocycles. The second-order valence-electron chi connectivity index (χ2n) is 9.97. The summed E-state index contributed by atoms with van der Waals surface area (Å²) in [5, 5.41) is 0. The highest BCUT2D eigenvalue weighted by Crippen LogP contribution is 2.59. The lowest BCUT2D eigenvalue weighted by Gasteiger charge is -2.65. The van der Waals surface area contributed by atoms with Crippen molar-refractivity contribution in [3.63, 3.8) is 0 Å². The predicted molar refractivity (Wildman–Crippen MR) is 109 cm³/mol. The molecule has 4 bridgehead atoms. The van der Waals surface area contributed by atoms with Crippen molar-refractivity contribution in [3.05, 3.63) is 42.5 Å². The molecule has 0 radical (unpaired) electrons. The van der Waals surface area contributed by atoms with Crippen molar-refractivity contribution in [3.8, 4) is 0 Å². The van der Waals surface area contributed by atoms with Crippen LogP contribution in [0.2, 0.25) is 0 Å². The van der Waals surface area contributed by atoms with Gasteiger partial charge >= 0.3 is 0 Å². The van der Waals surface area contributed by atoms with Gasteiger partial charge in [0.25, 0.3) is 0 Å². The summed E-state index contributed by atoms with van der Waals surface area (Å²) in [5.41, 5.74) is -0.0229. The molecule has 7 atom stereocenters. The van der Waals surface area contributed by atoms with Crippen molar-refractivity contribution >= 4 is 23.4 Å². The number of amides is 3. The largest absolute Gasteiger partial charge is 0.332 e. The monoisotopic (exact) mass is 403 g/mol. The Kier molecular flexibility index (Phi) is 3.22. The Bertz CT molecular complexity index is 1010. The number of carbonyl (C=O) groups is 3. The van der Waals surface area contributed by atoms with Gasteiger partial charge in [0.2, 0.25) is 17.7 Å². The molecule has 1 aromatic rings. The van der Waals surface area contributed by atoms with E-state index >= 15 is 0 Å². The Balaban J connectivity index is 1.37. The minimum atomic E-state index is -0.642. The zero-order valence-corrected chi connectivity index (χ0v) is 16.8. The number of imide groups is 1. The number of anilines is 1. The normalized spacial score (nSPS) is 43.8. The lowest BCUT2D eigenvalue weighted by molar-refractivity contribution is -0.179. The van der Waals surface area contributed by atoms with Crippen molar-refractivity contribution in [2.45, 2.75) is 30.8 Å². The highest BCUT2D eigenvalue weighted by molar-refractivity contribution is 6.24. The fraction of sp³-hybridized carbons (Fsp3) is 0.542. The van der Waals surface area contributed by atoms with Crippen molar-refractivity contribution < 1.29 is 14.4 Å². The molecule has 1 spiro atoms. The van der Waals surface area contributed by atoms with Crippen molar-refractivity contribution in [2.75, 3.05) is 24.5 Å². The van der Waals surface area contributed by atoms with E-state index in [1.807, 2.05) is 41.3 Å². The molecule has 6 heteroatoms. The smallest absolute Gasteiger partial charge is 0.240 e. The van der Waals surface area contributed by atoms with E-state index in [-0.39, 0.29) is 23.6 Å². The number of fused-ring (bicyclic) bond motifs is 4. The maximum absolute atomic E-state index is 13.8. The van der Waals surface area contributed by atoms with Crippen LogP contribution in [0.5, 0.6) is 0 Å². The van der Waals surface area contributed by atoms with Crippen LogP contribution < -0.4 is 4.90 Å². The van der Waals surface area contributed by atoms with Crippen LogP contribution in [-0.4, -0.2) is 58.7 Å². The standard InChI is InChI=1S/C24H25N3O3/c28-21-17-8-9-24(15-11-14(12-26(21)24)18-7-4-10-25(18)13-15)20-19(17)22(29)27(23(20)30)16-5-2-1-3-6-16/h1-3,5-6,8-9,14-15,17-20H,4,7,10-13H2/t14-,15-,17+,18+,19-,20+,24+/m1/s1. The van der Waals surface area contributed by atoms with Gasteiger partial charge in [-0.3, -0.25) is 19.3 Å². The lowest BCUT2D eigenvalue weighted by Crippen LogP contribution is -2.76. The SMILES string of the molecule is O=C1[C@@H]2[C@@H]3C=C[C@]4([C@@H]5C[C@H](CN4C3=O)[C@@H]3CCCN3C5)[C@@H]2C(=O)N1c1ccccc1. The van der Waals surface area contributed by atoms with Crippen LogP contribution in [0.25, 0.3) is 0 Å². The fourth-order valence-electron chi connectivity index (χ4n) is 7.83. The van der Waals surface area contributed by atoms with Gasteiger partial charge in [-0.05, 0) is 49.8 Å². The number of hydrogen-bond acceptors (Lipinski definition) is 4. The van der Waals surface area contributed by atoms with E-state index in [0.29, 0.717) is 17.6 Å². The topological polar surface area (TPSA) is 60.9 Å². The Morgan fingerprint density at radius 1 is 0.967 bits per heavy atom. The first-order chi connectivity index (χ1) is 14.6. The molecule has 0 saturated carbocycles. The van der Waals surface area contributed by atoms with Gasteiger partial charge < -0.3 is 4.90 Å². The van der Waals surface area contributed by atoms with Crippen LogP contribution in [0, 0.1) is 29.6 Å². The fourth-order valence-corrected chi connectivity index (χ4v) is 7.83. The van der Waals surface area contributed by atoms with Gasteiger partial charge in [0.1, 0.15) is 0 Å². The molecule has 30 heavy (non-hydrogen) atoms. The van der Waals surface area contributed by atoms with E-state index in [0.717, 1.165) is 26.1 Å². The van der Waals surface area contributed by atoms with Crippen LogP contribution in [0.1, 0.15) is 19.3 Å². The summed E-state index contributed by atoms with van der Waals surface area (Å²) >= 11 is 0. The zero-order valence-electron chi connectivity index (χ0n) is 16.8. The quantitative estimate of drug-likeness (QED) is 0.529. The van der Waals surface area contributed by atoms with Gasteiger partial charge in [-0.15, -0.1) is 0 Å². The maximum Gasteiger partial charge on any atom is 0.240 e.